The normalized spacial score (nSPS) is 14.2. The minimum Gasteiger partial charge on any atom is -0.313 e. The van der Waals surface area contributed by atoms with Crippen LogP contribution in [0.15, 0.2) is 29.2 Å². The van der Waals surface area contributed by atoms with E-state index in [9.17, 15) is 10.1 Å². The molecule has 0 aliphatic rings. The van der Waals surface area contributed by atoms with Gasteiger partial charge in [-0.1, -0.05) is 32.9 Å². The molecule has 18 heavy (non-hydrogen) atoms. The van der Waals surface area contributed by atoms with Gasteiger partial charge in [0, 0.05) is 17.4 Å². The van der Waals surface area contributed by atoms with Crippen molar-refractivity contribution in [2.24, 2.45) is 0 Å². The maximum Gasteiger partial charge on any atom is 0.282 e. The predicted molar refractivity (Wildman–Crippen MR) is 76.2 cm³/mol. The van der Waals surface area contributed by atoms with Crippen LogP contribution in [0.1, 0.15) is 27.2 Å². The molecule has 1 N–H and O–H groups in total. The Hall–Kier alpha value is -1.07. The number of nitro benzene ring substituents is 1. The van der Waals surface area contributed by atoms with Gasteiger partial charge in [0.05, 0.1) is 9.82 Å². The van der Waals surface area contributed by atoms with Crippen LogP contribution in [0.2, 0.25) is 0 Å². The van der Waals surface area contributed by atoms with Crippen molar-refractivity contribution in [3.63, 3.8) is 0 Å². The first kappa shape index (κ1) is 15.0. The topological polar surface area (TPSA) is 55.2 Å². The molecule has 0 amide bonds. The minimum atomic E-state index is -0.316. The van der Waals surface area contributed by atoms with Crippen molar-refractivity contribution in [2.75, 3.05) is 6.54 Å². The summed E-state index contributed by atoms with van der Waals surface area (Å²) in [7, 11) is 0. The molecule has 100 valence electrons. The Morgan fingerprint density at radius 2 is 2.06 bits per heavy atom. The van der Waals surface area contributed by atoms with Gasteiger partial charge in [-0.3, -0.25) is 10.1 Å². The first-order valence-electron chi connectivity index (χ1n) is 6.23. The van der Waals surface area contributed by atoms with E-state index in [1.54, 1.807) is 23.9 Å². The number of hydrogen-bond acceptors (Lipinski definition) is 4. The predicted octanol–water partition coefficient (Wildman–Crippen LogP) is 3.46. The second-order valence-corrected chi connectivity index (χ2v) is 5.54. The number of nitrogens with one attached hydrogen (secondary N) is 1. The summed E-state index contributed by atoms with van der Waals surface area (Å²) < 4.78 is 0. The van der Waals surface area contributed by atoms with E-state index in [4.69, 9.17) is 0 Å². The molecule has 1 aromatic carbocycles. The molecule has 0 radical (unpaired) electrons. The lowest BCUT2D eigenvalue weighted by Crippen LogP contribution is -2.35. The molecule has 1 rings (SSSR count). The third-order valence-electron chi connectivity index (χ3n) is 2.85. The molecule has 0 saturated heterocycles. The fourth-order valence-corrected chi connectivity index (χ4v) is 3.17. The molecule has 0 aromatic heterocycles. The van der Waals surface area contributed by atoms with E-state index < -0.39 is 0 Å². The fraction of sp³-hybridized carbons (Fsp3) is 0.538. The van der Waals surface area contributed by atoms with Gasteiger partial charge in [-0.15, -0.1) is 11.8 Å². The molecule has 5 heteroatoms. The molecule has 0 fully saturated rings. The van der Waals surface area contributed by atoms with Crippen molar-refractivity contribution in [3.05, 3.63) is 34.4 Å². The second kappa shape index (κ2) is 7.38. The van der Waals surface area contributed by atoms with Crippen LogP contribution in [0.25, 0.3) is 0 Å². The summed E-state index contributed by atoms with van der Waals surface area (Å²) >= 11 is 1.57. The quantitative estimate of drug-likeness (QED) is 0.467. The largest absolute Gasteiger partial charge is 0.313 e. The summed E-state index contributed by atoms with van der Waals surface area (Å²) in [5.74, 6) is 0. The van der Waals surface area contributed by atoms with Crippen molar-refractivity contribution in [1.82, 2.24) is 5.32 Å². The lowest BCUT2D eigenvalue weighted by Gasteiger charge is -2.22. The van der Waals surface area contributed by atoms with Crippen molar-refractivity contribution in [2.45, 2.75) is 43.4 Å². The highest BCUT2D eigenvalue weighted by atomic mass is 32.2. The van der Waals surface area contributed by atoms with Gasteiger partial charge in [0.25, 0.3) is 5.69 Å². The van der Waals surface area contributed by atoms with Crippen LogP contribution < -0.4 is 5.32 Å². The smallest absolute Gasteiger partial charge is 0.282 e. The Bertz CT molecular complexity index is 398. The zero-order chi connectivity index (χ0) is 13.5. The average Bonchev–Trinajstić information content (AvgIpc) is 2.36. The van der Waals surface area contributed by atoms with Crippen molar-refractivity contribution in [1.29, 1.82) is 0 Å². The van der Waals surface area contributed by atoms with Gasteiger partial charge in [-0.05, 0) is 19.0 Å². The van der Waals surface area contributed by atoms with Crippen LogP contribution in [0.5, 0.6) is 0 Å². The number of para-hydroxylation sites is 1. The van der Waals surface area contributed by atoms with Gasteiger partial charge >= 0.3 is 0 Å². The highest BCUT2D eigenvalue weighted by Crippen LogP contribution is 2.33. The van der Waals surface area contributed by atoms with Gasteiger partial charge in [-0.25, -0.2) is 0 Å². The highest BCUT2D eigenvalue weighted by molar-refractivity contribution is 8.00. The minimum absolute atomic E-state index is 0.195. The number of hydrogen-bond donors (Lipinski definition) is 1. The zero-order valence-corrected chi connectivity index (χ0v) is 11.9. The lowest BCUT2D eigenvalue weighted by molar-refractivity contribution is -0.387. The van der Waals surface area contributed by atoms with E-state index in [2.05, 4.69) is 26.1 Å². The number of rotatable bonds is 7. The Balaban J connectivity index is 2.80. The van der Waals surface area contributed by atoms with Crippen LogP contribution >= 0.6 is 11.8 Å². The first-order chi connectivity index (χ1) is 8.60. The summed E-state index contributed by atoms with van der Waals surface area (Å²) in [6, 6.07) is 7.30. The van der Waals surface area contributed by atoms with E-state index >= 15 is 0 Å². The molecule has 2 unspecified atom stereocenters. The second-order valence-electron chi connectivity index (χ2n) is 4.12. The standard InChI is InChI=1S/C13H20N2O2S/c1-4-11(14-5-2)10(3)18-13-9-7-6-8-12(13)15(16)17/h6-11,14H,4-5H2,1-3H3. The lowest BCUT2D eigenvalue weighted by atomic mass is 10.2. The molecule has 1 aromatic rings. The van der Waals surface area contributed by atoms with Gasteiger partial charge in [0.15, 0.2) is 0 Å². The van der Waals surface area contributed by atoms with E-state index in [1.165, 1.54) is 0 Å². The van der Waals surface area contributed by atoms with E-state index in [0.29, 0.717) is 11.3 Å². The molecule has 0 aliphatic carbocycles. The summed E-state index contributed by atoms with van der Waals surface area (Å²) in [4.78, 5) is 11.4. The maximum atomic E-state index is 10.9. The van der Waals surface area contributed by atoms with Crippen LogP contribution in [0, 0.1) is 10.1 Å². The molecule has 0 saturated carbocycles. The fourth-order valence-electron chi connectivity index (χ4n) is 1.89. The van der Waals surface area contributed by atoms with Crippen LogP contribution in [-0.2, 0) is 0 Å². The molecular formula is C13H20N2O2S. The van der Waals surface area contributed by atoms with Crippen LogP contribution in [0.3, 0.4) is 0 Å². The number of nitrogens with zero attached hydrogens (tertiary/aromatic N) is 1. The Morgan fingerprint density at radius 3 is 2.61 bits per heavy atom. The SMILES string of the molecule is CCNC(CC)C(C)Sc1ccccc1[N+](=O)[O-]. The van der Waals surface area contributed by atoms with E-state index in [0.717, 1.165) is 17.9 Å². The molecular weight excluding hydrogens is 248 g/mol. The Labute approximate surface area is 112 Å². The Kier molecular flexibility index (Phi) is 6.15. The van der Waals surface area contributed by atoms with Gasteiger partial charge in [0.2, 0.25) is 0 Å². The summed E-state index contributed by atoms with van der Waals surface area (Å²) in [6.45, 7) is 7.23. The molecule has 4 nitrogen and oxygen atoms in total. The third kappa shape index (κ3) is 3.99. The van der Waals surface area contributed by atoms with Crippen LogP contribution in [0.4, 0.5) is 5.69 Å². The molecule has 0 heterocycles. The first-order valence-corrected chi connectivity index (χ1v) is 7.11. The summed E-state index contributed by atoms with van der Waals surface area (Å²) in [6.07, 6.45) is 1.02. The van der Waals surface area contributed by atoms with Gasteiger partial charge in [0.1, 0.15) is 0 Å². The average molecular weight is 268 g/mol. The van der Waals surface area contributed by atoms with Crippen molar-refractivity contribution < 1.29 is 4.92 Å². The number of benzene rings is 1. The van der Waals surface area contributed by atoms with Crippen LogP contribution in [-0.4, -0.2) is 22.8 Å². The number of nitro groups is 1. The molecule has 0 spiro atoms. The molecule has 2 atom stereocenters. The molecule has 0 aliphatic heterocycles. The summed E-state index contributed by atoms with van der Waals surface area (Å²) in [5.41, 5.74) is 0.195. The third-order valence-corrected chi connectivity index (χ3v) is 4.15. The summed E-state index contributed by atoms with van der Waals surface area (Å²) in [5, 5.41) is 14.7. The van der Waals surface area contributed by atoms with Crippen molar-refractivity contribution >= 4 is 17.4 Å². The molecule has 0 bridgehead atoms. The number of thioether (sulfide) groups is 1. The Morgan fingerprint density at radius 1 is 1.39 bits per heavy atom. The van der Waals surface area contributed by atoms with Gasteiger partial charge < -0.3 is 5.32 Å². The maximum absolute atomic E-state index is 10.9. The monoisotopic (exact) mass is 268 g/mol. The van der Waals surface area contributed by atoms with E-state index in [1.807, 2.05) is 12.1 Å². The van der Waals surface area contributed by atoms with E-state index in [-0.39, 0.29) is 10.6 Å². The van der Waals surface area contributed by atoms with Crippen molar-refractivity contribution in [3.8, 4) is 0 Å². The van der Waals surface area contributed by atoms with Gasteiger partial charge in [-0.2, -0.15) is 0 Å². The highest BCUT2D eigenvalue weighted by Gasteiger charge is 2.20. The zero-order valence-electron chi connectivity index (χ0n) is 11.1.